The summed E-state index contributed by atoms with van der Waals surface area (Å²) in [4.78, 5) is 30.9. The average Bonchev–Trinajstić information content (AvgIpc) is 3.04. The molecule has 1 amide bonds. The van der Waals surface area contributed by atoms with Gasteiger partial charge in [-0.2, -0.15) is 31.4 Å². The van der Waals surface area contributed by atoms with Crippen molar-refractivity contribution in [2.24, 2.45) is 7.05 Å². The van der Waals surface area contributed by atoms with E-state index in [1.54, 1.807) is 0 Å². The highest BCUT2D eigenvalue weighted by Crippen LogP contribution is 2.42. The summed E-state index contributed by atoms with van der Waals surface area (Å²) < 4.78 is 80.6. The van der Waals surface area contributed by atoms with Gasteiger partial charge >= 0.3 is 18.3 Å². The molecule has 2 aromatic heterocycles. The van der Waals surface area contributed by atoms with E-state index in [4.69, 9.17) is 5.11 Å². The summed E-state index contributed by atoms with van der Waals surface area (Å²) in [5, 5.41) is 14.5. The van der Waals surface area contributed by atoms with Crippen LogP contribution in [0, 0.1) is 0 Å². The van der Waals surface area contributed by atoms with Gasteiger partial charge in [0.05, 0.1) is 11.1 Å². The van der Waals surface area contributed by atoms with Crippen molar-refractivity contribution in [3.05, 3.63) is 59.3 Å². The quantitative estimate of drug-likeness (QED) is 0.574. The van der Waals surface area contributed by atoms with Crippen molar-refractivity contribution in [1.82, 2.24) is 19.7 Å². The first kappa shape index (κ1) is 22.7. The number of carboxylic acid groups (broad SMARTS) is 1. The van der Waals surface area contributed by atoms with Crippen molar-refractivity contribution in [3.63, 3.8) is 0 Å². The summed E-state index contributed by atoms with van der Waals surface area (Å²) in [6.45, 7) is 0. The van der Waals surface area contributed by atoms with Crippen LogP contribution in [0.25, 0.3) is 11.1 Å². The number of carboxylic acids is 1. The molecule has 0 radical (unpaired) electrons. The standard InChI is InChI=1S/C18H11F6N5O3/c1-29-14(27-15(30)11-12(16(31)32)26-6-5-25-11)10(13(28-29)18(22,23)24)8-3-2-4-9(7-8)17(19,20)21/h2-7H,1H3,(H,27,30)(H,31,32). The Hall–Kier alpha value is -3.97. The number of alkyl halides is 6. The summed E-state index contributed by atoms with van der Waals surface area (Å²) in [5.41, 5.74) is -5.61. The number of hydrogen-bond donors (Lipinski definition) is 2. The van der Waals surface area contributed by atoms with Crippen LogP contribution in [-0.4, -0.2) is 36.7 Å². The molecule has 0 saturated heterocycles. The second-order valence-corrected chi connectivity index (χ2v) is 6.28. The molecule has 0 aliphatic heterocycles. The number of aryl methyl sites for hydroxylation is 1. The first-order valence-electron chi connectivity index (χ1n) is 8.48. The molecule has 0 aliphatic rings. The van der Waals surface area contributed by atoms with Crippen LogP contribution >= 0.6 is 0 Å². The number of amides is 1. The van der Waals surface area contributed by atoms with E-state index >= 15 is 0 Å². The maximum absolute atomic E-state index is 13.6. The largest absolute Gasteiger partial charge is 0.476 e. The zero-order valence-electron chi connectivity index (χ0n) is 15.8. The van der Waals surface area contributed by atoms with Gasteiger partial charge in [0.2, 0.25) is 0 Å². The van der Waals surface area contributed by atoms with Crippen molar-refractivity contribution >= 4 is 17.7 Å². The smallest absolute Gasteiger partial charge is 0.435 e. The van der Waals surface area contributed by atoms with Gasteiger partial charge in [-0.15, -0.1) is 0 Å². The zero-order valence-corrected chi connectivity index (χ0v) is 15.8. The number of rotatable bonds is 4. The zero-order chi connectivity index (χ0) is 23.8. The molecule has 32 heavy (non-hydrogen) atoms. The maximum atomic E-state index is 13.6. The predicted octanol–water partition coefficient (Wildman–Crippen LogP) is 3.87. The Kier molecular flexibility index (Phi) is 5.63. The van der Waals surface area contributed by atoms with Crippen LogP contribution in [0.5, 0.6) is 0 Å². The van der Waals surface area contributed by atoms with Gasteiger partial charge in [0, 0.05) is 19.4 Å². The van der Waals surface area contributed by atoms with Crippen molar-refractivity contribution in [1.29, 1.82) is 0 Å². The highest BCUT2D eigenvalue weighted by atomic mass is 19.4. The molecule has 8 nitrogen and oxygen atoms in total. The summed E-state index contributed by atoms with van der Waals surface area (Å²) in [5.74, 6) is -3.49. The fourth-order valence-corrected chi connectivity index (χ4v) is 2.82. The Balaban J connectivity index is 2.18. The SMILES string of the molecule is Cn1nc(C(F)(F)F)c(-c2cccc(C(F)(F)F)c2)c1NC(=O)c1nccnc1C(=O)O. The van der Waals surface area contributed by atoms with Crippen molar-refractivity contribution < 1.29 is 41.0 Å². The van der Waals surface area contributed by atoms with Gasteiger partial charge in [-0.25, -0.2) is 14.8 Å². The number of nitrogens with one attached hydrogen (secondary N) is 1. The normalized spacial score (nSPS) is 12.0. The van der Waals surface area contributed by atoms with Crippen LogP contribution in [0.3, 0.4) is 0 Å². The molecule has 0 unspecified atom stereocenters. The Labute approximate surface area is 174 Å². The molecule has 1 aromatic carbocycles. The molecular weight excluding hydrogens is 448 g/mol. The summed E-state index contributed by atoms with van der Waals surface area (Å²) in [7, 11) is 1.02. The number of hydrogen-bond acceptors (Lipinski definition) is 5. The molecule has 0 aliphatic carbocycles. The van der Waals surface area contributed by atoms with Crippen LogP contribution in [0.2, 0.25) is 0 Å². The third-order valence-electron chi connectivity index (χ3n) is 4.14. The predicted molar refractivity (Wildman–Crippen MR) is 95.6 cm³/mol. The third kappa shape index (κ3) is 4.38. The average molecular weight is 459 g/mol. The number of nitrogens with zero attached hydrogens (tertiary/aromatic N) is 4. The first-order chi connectivity index (χ1) is 14.8. The van der Waals surface area contributed by atoms with Gasteiger partial charge in [-0.1, -0.05) is 12.1 Å². The van der Waals surface area contributed by atoms with Crippen molar-refractivity contribution in [2.45, 2.75) is 12.4 Å². The lowest BCUT2D eigenvalue weighted by atomic mass is 10.0. The first-order valence-corrected chi connectivity index (χ1v) is 8.48. The minimum Gasteiger partial charge on any atom is -0.476 e. The number of benzene rings is 1. The Morgan fingerprint density at radius 2 is 1.62 bits per heavy atom. The number of aromatic carboxylic acids is 1. The van der Waals surface area contributed by atoms with E-state index in [1.807, 2.05) is 0 Å². The Morgan fingerprint density at radius 3 is 2.19 bits per heavy atom. The lowest BCUT2D eigenvalue weighted by molar-refractivity contribution is -0.141. The summed E-state index contributed by atoms with van der Waals surface area (Å²) in [6, 6.07) is 3.04. The van der Waals surface area contributed by atoms with Crippen molar-refractivity contribution in [3.8, 4) is 11.1 Å². The fourth-order valence-electron chi connectivity index (χ4n) is 2.82. The van der Waals surface area contributed by atoms with Crippen LogP contribution in [0.4, 0.5) is 32.2 Å². The van der Waals surface area contributed by atoms with Gasteiger partial charge < -0.3 is 10.4 Å². The minimum absolute atomic E-state index is 0.479. The van der Waals surface area contributed by atoms with Gasteiger partial charge in [0.1, 0.15) is 5.82 Å². The number of aromatic nitrogens is 4. The lowest BCUT2D eigenvalue weighted by Crippen LogP contribution is -2.21. The minimum atomic E-state index is -5.08. The fraction of sp³-hybridized carbons (Fsp3) is 0.167. The number of carbonyl (C=O) groups excluding carboxylic acids is 1. The molecule has 2 heterocycles. The van der Waals surface area contributed by atoms with E-state index in [9.17, 15) is 35.9 Å². The van der Waals surface area contributed by atoms with E-state index < -0.39 is 63.8 Å². The van der Waals surface area contributed by atoms with E-state index in [0.29, 0.717) is 16.8 Å². The molecule has 2 N–H and O–H groups in total. The van der Waals surface area contributed by atoms with Crippen LogP contribution in [-0.2, 0) is 19.4 Å². The highest BCUT2D eigenvalue weighted by molar-refractivity contribution is 6.09. The maximum Gasteiger partial charge on any atom is 0.435 e. The number of halogens is 6. The molecule has 0 atom stereocenters. The van der Waals surface area contributed by atoms with E-state index in [-0.39, 0.29) is 0 Å². The second-order valence-electron chi connectivity index (χ2n) is 6.28. The molecular formula is C18H11F6N5O3. The van der Waals surface area contributed by atoms with E-state index in [1.165, 1.54) is 0 Å². The highest BCUT2D eigenvalue weighted by Gasteiger charge is 2.40. The van der Waals surface area contributed by atoms with Crippen LogP contribution < -0.4 is 5.32 Å². The molecule has 3 rings (SSSR count). The topological polar surface area (TPSA) is 110 Å². The summed E-state index contributed by atoms with van der Waals surface area (Å²) >= 11 is 0. The molecule has 14 heteroatoms. The summed E-state index contributed by atoms with van der Waals surface area (Å²) in [6.07, 6.45) is -7.95. The lowest BCUT2D eigenvalue weighted by Gasteiger charge is -2.13. The van der Waals surface area contributed by atoms with E-state index in [0.717, 1.165) is 31.6 Å². The number of anilines is 1. The van der Waals surface area contributed by atoms with E-state index in [2.05, 4.69) is 20.4 Å². The van der Waals surface area contributed by atoms with Gasteiger partial charge in [0.25, 0.3) is 5.91 Å². The molecule has 3 aromatic rings. The van der Waals surface area contributed by atoms with Gasteiger partial charge in [-0.05, 0) is 17.7 Å². The third-order valence-corrected chi connectivity index (χ3v) is 4.14. The second kappa shape index (κ2) is 7.94. The van der Waals surface area contributed by atoms with Crippen LogP contribution in [0.1, 0.15) is 32.2 Å². The Morgan fingerprint density at radius 1 is 1.00 bits per heavy atom. The van der Waals surface area contributed by atoms with Crippen molar-refractivity contribution in [2.75, 3.05) is 5.32 Å². The van der Waals surface area contributed by atoms with Crippen LogP contribution in [0.15, 0.2) is 36.7 Å². The monoisotopic (exact) mass is 459 g/mol. The number of carbonyl (C=O) groups is 2. The molecule has 0 spiro atoms. The van der Waals surface area contributed by atoms with Gasteiger partial charge in [-0.3, -0.25) is 9.48 Å². The molecule has 168 valence electrons. The molecule has 0 fully saturated rings. The molecule has 0 bridgehead atoms. The van der Waals surface area contributed by atoms with Gasteiger partial charge in [0.15, 0.2) is 17.1 Å². The molecule has 0 saturated carbocycles. The Bertz CT molecular complexity index is 1200.